The van der Waals surface area contributed by atoms with Crippen LogP contribution < -0.4 is 5.73 Å². The highest BCUT2D eigenvalue weighted by atomic mass is 35.5. The number of halogens is 2. The molecule has 4 nitrogen and oxygen atoms in total. The van der Waals surface area contributed by atoms with Gasteiger partial charge in [0, 0.05) is 24.7 Å². The smallest absolute Gasteiger partial charge is 0.253 e. The predicted molar refractivity (Wildman–Crippen MR) is 88.1 cm³/mol. The molecule has 0 spiro atoms. The Kier molecular flexibility index (Phi) is 4.71. The van der Waals surface area contributed by atoms with Gasteiger partial charge in [-0.25, -0.2) is 0 Å². The van der Waals surface area contributed by atoms with Crippen molar-refractivity contribution in [2.75, 3.05) is 33.4 Å². The second kappa shape index (κ2) is 6.03. The van der Waals surface area contributed by atoms with E-state index < -0.39 is 0 Å². The summed E-state index contributed by atoms with van der Waals surface area (Å²) in [7, 11) is 5.94. The van der Waals surface area contributed by atoms with E-state index in [1.54, 1.807) is 17.0 Å². The van der Waals surface area contributed by atoms with Gasteiger partial charge in [-0.2, -0.15) is 0 Å². The molecular weight excluding hydrogens is 309 g/mol. The Hall–Kier alpha value is -0.970. The van der Waals surface area contributed by atoms with Gasteiger partial charge in [-0.15, -0.1) is 0 Å². The first-order valence-electron chi connectivity index (χ1n) is 6.94. The van der Waals surface area contributed by atoms with Crippen LogP contribution in [-0.4, -0.2) is 48.9 Å². The molecule has 1 aliphatic carbocycles. The Morgan fingerprint density at radius 3 is 2.14 bits per heavy atom. The molecule has 1 aromatic carbocycles. The zero-order valence-corrected chi connectivity index (χ0v) is 14.1. The maximum absolute atomic E-state index is 12.6. The maximum Gasteiger partial charge on any atom is 0.253 e. The quantitative estimate of drug-likeness (QED) is 0.863. The van der Waals surface area contributed by atoms with E-state index in [9.17, 15) is 4.79 Å². The van der Waals surface area contributed by atoms with Crippen LogP contribution in [-0.2, 0) is 0 Å². The number of likely N-dealkylation sites (N-methyl/N-ethyl adjacent to an activating group) is 2. The van der Waals surface area contributed by atoms with Gasteiger partial charge in [0.1, 0.15) is 0 Å². The number of benzene rings is 1. The maximum atomic E-state index is 12.6. The number of hydrogen-bond acceptors (Lipinski definition) is 3. The Labute approximate surface area is 135 Å². The zero-order valence-electron chi connectivity index (χ0n) is 12.6. The molecular formula is C15H21Cl2N3O. The normalized spacial score (nSPS) is 16.7. The van der Waals surface area contributed by atoms with Gasteiger partial charge < -0.3 is 15.5 Å². The molecule has 21 heavy (non-hydrogen) atoms. The third kappa shape index (κ3) is 3.12. The van der Waals surface area contributed by atoms with Crippen LogP contribution in [0.15, 0.2) is 12.1 Å². The number of nitrogens with two attached hydrogens (primary N) is 1. The molecule has 2 N–H and O–H groups in total. The van der Waals surface area contributed by atoms with Crippen molar-refractivity contribution in [3.63, 3.8) is 0 Å². The monoisotopic (exact) mass is 329 g/mol. The Bertz CT molecular complexity index is 533. The average Bonchev–Trinajstić information content (AvgIpc) is 2.37. The van der Waals surface area contributed by atoms with Crippen molar-refractivity contribution in [1.29, 1.82) is 0 Å². The average molecular weight is 330 g/mol. The molecule has 1 amide bonds. The summed E-state index contributed by atoms with van der Waals surface area (Å²) < 4.78 is 0. The summed E-state index contributed by atoms with van der Waals surface area (Å²) in [5.41, 5.74) is 6.57. The van der Waals surface area contributed by atoms with Crippen molar-refractivity contribution in [1.82, 2.24) is 9.80 Å². The molecule has 0 radical (unpaired) electrons. The number of carbonyl (C=O) groups excluding carboxylic acids is 1. The molecule has 0 saturated heterocycles. The first-order valence-corrected chi connectivity index (χ1v) is 7.70. The van der Waals surface area contributed by atoms with Crippen LogP contribution in [0.5, 0.6) is 0 Å². The van der Waals surface area contributed by atoms with Crippen LogP contribution in [0, 0.1) is 0 Å². The third-order valence-corrected chi connectivity index (χ3v) is 5.06. The van der Waals surface area contributed by atoms with E-state index in [1.807, 2.05) is 7.05 Å². The SMILES string of the molecule is CN(CC1(N(C)C)CCC1)C(=O)c1cc(Cl)c(N)c(Cl)c1. The van der Waals surface area contributed by atoms with Gasteiger partial charge in [-0.05, 0) is 45.5 Å². The summed E-state index contributed by atoms with van der Waals surface area (Å²) in [5, 5.41) is 0.621. The lowest BCUT2D eigenvalue weighted by molar-refractivity contribution is 0.0252. The summed E-state index contributed by atoms with van der Waals surface area (Å²) in [4.78, 5) is 16.5. The topological polar surface area (TPSA) is 49.6 Å². The van der Waals surface area contributed by atoms with E-state index >= 15 is 0 Å². The first-order chi connectivity index (χ1) is 9.77. The van der Waals surface area contributed by atoms with Crippen LogP contribution in [0.25, 0.3) is 0 Å². The Balaban J connectivity index is 2.16. The van der Waals surface area contributed by atoms with E-state index in [2.05, 4.69) is 19.0 Å². The molecule has 1 fully saturated rings. The van der Waals surface area contributed by atoms with Gasteiger partial charge in [-0.3, -0.25) is 4.79 Å². The van der Waals surface area contributed by atoms with Crippen LogP contribution in [0.4, 0.5) is 5.69 Å². The van der Waals surface area contributed by atoms with Crippen molar-refractivity contribution < 1.29 is 4.79 Å². The molecule has 0 aromatic heterocycles. The summed E-state index contributed by atoms with van der Waals surface area (Å²) >= 11 is 12.0. The Morgan fingerprint density at radius 2 is 1.76 bits per heavy atom. The van der Waals surface area contributed by atoms with Crippen LogP contribution in [0.2, 0.25) is 10.0 Å². The lowest BCUT2D eigenvalue weighted by Gasteiger charge is -2.49. The summed E-state index contributed by atoms with van der Waals surface area (Å²) in [5.74, 6) is -0.0908. The summed E-state index contributed by atoms with van der Waals surface area (Å²) in [6.45, 7) is 0.693. The molecule has 1 aliphatic rings. The fourth-order valence-electron chi connectivity index (χ4n) is 2.77. The lowest BCUT2D eigenvalue weighted by Crippen LogP contribution is -2.57. The third-order valence-electron chi connectivity index (χ3n) is 4.44. The molecule has 0 atom stereocenters. The van der Waals surface area contributed by atoms with E-state index in [4.69, 9.17) is 28.9 Å². The van der Waals surface area contributed by atoms with Crippen molar-refractivity contribution in [2.45, 2.75) is 24.8 Å². The molecule has 2 rings (SSSR count). The molecule has 116 valence electrons. The zero-order chi connectivity index (χ0) is 15.8. The standard InChI is InChI=1S/C15H21Cl2N3O/c1-19(2)15(5-4-6-15)9-20(3)14(21)10-7-11(16)13(18)12(17)8-10/h7-8H,4-6,9,18H2,1-3H3. The number of nitrogens with zero attached hydrogens (tertiary/aromatic N) is 2. The van der Waals surface area contributed by atoms with Gasteiger partial charge in [0.15, 0.2) is 0 Å². The minimum Gasteiger partial charge on any atom is -0.396 e. The number of carbonyl (C=O) groups is 1. The molecule has 1 aromatic rings. The fraction of sp³-hybridized carbons (Fsp3) is 0.533. The highest BCUT2D eigenvalue weighted by Crippen LogP contribution is 2.37. The van der Waals surface area contributed by atoms with Gasteiger partial charge in [0.05, 0.1) is 15.7 Å². The van der Waals surface area contributed by atoms with E-state index in [0.717, 1.165) is 12.8 Å². The van der Waals surface area contributed by atoms with Crippen molar-refractivity contribution in [3.05, 3.63) is 27.7 Å². The fourth-order valence-corrected chi connectivity index (χ4v) is 3.26. The van der Waals surface area contributed by atoms with E-state index in [0.29, 0.717) is 27.8 Å². The van der Waals surface area contributed by atoms with Crippen molar-refractivity contribution in [2.24, 2.45) is 0 Å². The molecule has 0 unspecified atom stereocenters. The number of hydrogen-bond donors (Lipinski definition) is 1. The molecule has 1 saturated carbocycles. The van der Waals surface area contributed by atoms with Gasteiger partial charge in [-0.1, -0.05) is 23.2 Å². The number of rotatable bonds is 4. The largest absolute Gasteiger partial charge is 0.396 e. The summed E-state index contributed by atoms with van der Waals surface area (Å²) in [6, 6.07) is 3.15. The highest BCUT2D eigenvalue weighted by molar-refractivity contribution is 6.39. The van der Waals surface area contributed by atoms with Crippen molar-refractivity contribution in [3.8, 4) is 0 Å². The second-order valence-electron chi connectivity index (χ2n) is 5.99. The first kappa shape index (κ1) is 16.4. The molecule has 0 heterocycles. The number of amides is 1. The molecule has 0 aliphatic heterocycles. The van der Waals surface area contributed by atoms with Crippen LogP contribution >= 0.6 is 23.2 Å². The summed E-state index contributed by atoms with van der Waals surface area (Å²) in [6.07, 6.45) is 3.43. The predicted octanol–water partition coefficient (Wildman–Crippen LogP) is 3.13. The van der Waals surface area contributed by atoms with Gasteiger partial charge in [0.25, 0.3) is 5.91 Å². The highest BCUT2D eigenvalue weighted by Gasteiger charge is 2.40. The minimum absolute atomic E-state index is 0.0891. The lowest BCUT2D eigenvalue weighted by atomic mass is 9.75. The second-order valence-corrected chi connectivity index (χ2v) is 6.80. The molecule has 6 heteroatoms. The molecule has 0 bridgehead atoms. The van der Waals surface area contributed by atoms with E-state index in [1.165, 1.54) is 6.42 Å². The van der Waals surface area contributed by atoms with Crippen LogP contribution in [0.1, 0.15) is 29.6 Å². The van der Waals surface area contributed by atoms with Gasteiger partial charge >= 0.3 is 0 Å². The van der Waals surface area contributed by atoms with Gasteiger partial charge in [0.2, 0.25) is 0 Å². The van der Waals surface area contributed by atoms with Crippen LogP contribution in [0.3, 0.4) is 0 Å². The van der Waals surface area contributed by atoms with E-state index in [-0.39, 0.29) is 11.4 Å². The minimum atomic E-state index is -0.0908. The Morgan fingerprint density at radius 1 is 1.24 bits per heavy atom. The number of anilines is 1. The van der Waals surface area contributed by atoms with Crippen molar-refractivity contribution >= 4 is 34.8 Å². The number of nitrogen functional groups attached to an aromatic ring is 1.